The first-order valence-corrected chi connectivity index (χ1v) is 6.45. The summed E-state index contributed by atoms with van der Waals surface area (Å²) in [4.78, 5) is 0. The molecule has 0 atom stereocenters. The molecule has 0 aliphatic rings. The number of rotatable bonds is 6. The van der Waals surface area contributed by atoms with Crippen LogP contribution >= 0.6 is 0 Å². The second-order valence-electron chi connectivity index (χ2n) is 5.65. The fourth-order valence-electron chi connectivity index (χ4n) is 1.47. The fourth-order valence-corrected chi connectivity index (χ4v) is 1.47. The first kappa shape index (κ1) is 16.7. The normalized spacial score (nSPS) is 12.1. The second-order valence-corrected chi connectivity index (χ2v) is 5.65. The SMILES string of the molecule is COC(C)(C)C(C)(C)O[B]c1ccc(CC#N)c(F)c1. The van der Waals surface area contributed by atoms with Gasteiger partial charge in [-0.2, -0.15) is 5.26 Å². The van der Waals surface area contributed by atoms with Crippen LogP contribution < -0.4 is 5.46 Å². The van der Waals surface area contributed by atoms with Crippen LogP contribution in [0.3, 0.4) is 0 Å². The summed E-state index contributed by atoms with van der Waals surface area (Å²) >= 11 is 0. The molecular weight excluding hydrogens is 256 g/mol. The van der Waals surface area contributed by atoms with Gasteiger partial charge >= 0.3 is 7.48 Å². The minimum absolute atomic E-state index is 0.0647. The molecule has 0 aliphatic heterocycles. The summed E-state index contributed by atoms with van der Waals surface area (Å²) in [6, 6.07) is 6.62. The molecule has 0 fully saturated rings. The van der Waals surface area contributed by atoms with Crippen LogP contribution in [0.5, 0.6) is 0 Å². The number of nitriles is 1. The lowest BCUT2D eigenvalue weighted by atomic mass is 9.82. The van der Waals surface area contributed by atoms with Gasteiger partial charge in [0.05, 0.1) is 23.7 Å². The van der Waals surface area contributed by atoms with Crippen LogP contribution in [0.15, 0.2) is 18.2 Å². The zero-order chi connectivity index (χ0) is 15.4. The smallest absolute Gasteiger partial charge is 0.331 e. The molecule has 20 heavy (non-hydrogen) atoms. The van der Waals surface area contributed by atoms with Gasteiger partial charge in [-0.15, -0.1) is 0 Å². The average Bonchev–Trinajstić information content (AvgIpc) is 2.39. The molecule has 1 aromatic rings. The van der Waals surface area contributed by atoms with Crippen molar-refractivity contribution in [3.63, 3.8) is 0 Å². The van der Waals surface area contributed by atoms with E-state index in [1.54, 1.807) is 19.2 Å². The number of ether oxygens (including phenoxy) is 1. The van der Waals surface area contributed by atoms with Crippen molar-refractivity contribution in [2.24, 2.45) is 0 Å². The van der Waals surface area contributed by atoms with Crippen molar-refractivity contribution in [3.8, 4) is 6.07 Å². The summed E-state index contributed by atoms with van der Waals surface area (Å²) in [5.41, 5.74) is -0.0444. The lowest BCUT2D eigenvalue weighted by Gasteiger charge is -2.40. The molecule has 1 aromatic carbocycles. The highest BCUT2D eigenvalue weighted by molar-refractivity contribution is 6.47. The predicted octanol–water partition coefficient (Wildman–Crippen LogP) is 2.36. The van der Waals surface area contributed by atoms with Gasteiger partial charge in [0.25, 0.3) is 0 Å². The van der Waals surface area contributed by atoms with Gasteiger partial charge in [0.2, 0.25) is 0 Å². The zero-order valence-corrected chi connectivity index (χ0v) is 12.7. The van der Waals surface area contributed by atoms with Crippen molar-refractivity contribution in [1.82, 2.24) is 0 Å². The number of halogens is 1. The summed E-state index contributed by atoms with van der Waals surface area (Å²) in [5.74, 6) is -0.396. The van der Waals surface area contributed by atoms with Gasteiger partial charge in [0.1, 0.15) is 5.82 Å². The molecule has 1 radical (unpaired) electrons. The second kappa shape index (κ2) is 6.38. The number of methoxy groups -OCH3 is 1. The average molecular weight is 276 g/mol. The van der Waals surface area contributed by atoms with Crippen molar-refractivity contribution in [1.29, 1.82) is 5.26 Å². The van der Waals surface area contributed by atoms with Crippen molar-refractivity contribution >= 4 is 12.9 Å². The van der Waals surface area contributed by atoms with Crippen LogP contribution in [0.2, 0.25) is 0 Å². The number of nitrogens with zero attached hydrogens (tertiary/aromatic N) is 1. The lowest BCUT2D eigenvalue weighted by Crippen LogP contribution is -2.50. The Morgan fingerprint density at radius 3 is 2.40 bits per heavy atom. The van der Waals surface area contributed by atoms with Gasteiger partial charge in [-0.05, 0) is 33.8 Å². The number of hydrogen-bond donors (Lipinski definition) is 0. The quantitative estimate of drug-likeness (QED) is 0.749. The van der Waals surface area contributed by atoms with Gasteiger partial charge in [-0.25, -0.2) is 4.39 Å². The molecule has 0 unspecified atom stereocenters. The number of hydrogen-bond acceptors (Lipinski definition) is 3. The third-order valence-electron chi connectivity index (χ3n) is 3.80. The highest BCUT2D eigenvalue weighted by Crippen LogP contribution is 2.27. The highest BCUT2D eigenvalue weighted by Gasteiger charge is 2.37. The van der Waals surface area contributed by atoms with Gasteiger partial charge in [0.15, 0.2) is 0 Å². The van der Waals surface area contributed by atoms with E-state index in [1.807, 2.05) is 33.8 Å². The van der Waals surface area contributed by atoms with E-state index < -0.39 is 17.0 Å². The third kappa shape index (κ3) is 3.81. The van der Waals surface area contributed by atoms with Crippen LogP contribution in [0.1, 0.15) is 33.3 Å². The first-order valence-electron chi connectivity index (χ1n) is 6.45. The van der Waals surface area contributed by atoms with Gasteiger partial charge in [0, 0.05) is 12.7 Å². The minimum Gasteiger partial charge on any atom is -0.427 e. The van der Waals surface area contributed by atoms with Crippen LogP contribution in [-0.4, -0.2) is 25.8 Å². The Morgan fingerprint density at radius 1 is 1.25 bits per heavy atom. The maximum atomic E-state index is 13.7. The van der Waals surface area contributed by atoms with E-state index in [9.17, 15) is 4.39 Å². The Bertz CT molecular complexity index is 509. The zero-order valence-electron chi connectivity index (χ0n) is 12.7. The molecule has 1 rings (SSSR count). The standard InChI is InChI=1S/C15H20BFNO2/c1-14(2,19-5)15(3,4)20-16-12-7-6-11(8-9-18)13(17)10-12/h6-7,10H,8H2,1-5H3. The molecule has 0 spiro atoms. The van der Waals surface area contributed by atoms with Crippen LogP contribution in [0.4, 0.5) is 4.39 Å². The molecule has 0 amide bonds. The van der Waals surface area contributed by atoms with E-state index in [0.29, 0.717) is 11.0 Å². The van der Waals surface area contributed by atoms with Crippen LogP contribution in [0, 0.1) is 17.1 Å². The summed E-state index contributed by atoms with van der Waals surface area (Å²) in [6.45, 7) is 7.68. The Morgan fingerprint density at radius 2 is 1.90 bits per heavy atom. The minimum atomic E-state index is -0.566. The molecule has 5 heteroatoms. The predicted molar refractivity (Wildman–Crippen MR) is 77.4 cm³/mol. The monoisotopic (exact) mass is 276 g/mol. The Labute approximate surface area is 121 Å². The number of benzene rings is 1. The summed E-state index contributed by atoms with van der Waals surface area (Å²) < 4.78 is 24.9. The molecule has 0 bridgehead atoms. The van der Waals surface area contributed by atoms with E-state index >= 15 is 0 Å². The lowest BCUT2D eigenvalue weighted by molar-refractivity contribution is -0.114. The molecule has 107 valence electrons. The largest absolute Gasteiger partial charge is 0.427 e. The maximum Gasteiger partial charge on any atom is 0.331 e. The van der Waals surface area contributed by atoms with Crippen molar-refractivity contribution in [2.75, 3.05) is 7.11 Å². The fraction of sp³-hybridized carbons (Fsp3) is 0.533. The van der Waals surface area contributed by atoms with E-state index in [0.717, 1.165) is 0 Å². The first-order chi connectivity index (χ1) is 9.23. The maximum absolute atomic E-state index is 13.7. The Kier molecular flexibility index (Phi) is 5.32. The van der Waals surface area contributed by atoms with E-state index in [1.165, 1.54) is 13.5 Å². The van der Waals surface area contributed by atoms with E-state index in [2.05, 4.69) is 0 Å². The van der Waals surface area contributed by atoms with Crippen LogP contribution in [0.25, 0.3) is 0 Å². The summed E-state index contributed by atoms with van der Waals surface area (Å²) in [7, 11) is 3.14. The van der Waals surface area contributed by atoms with E-state index in [4.69, 9.17) is 14.7 Å². The summed E-state index contributed by atoms with van der Waals surface area (Å²) in [5, 5.41) is 8.58. The molecule has 0 aromatic heterocycles. The molecule has 0 aliphatic carbocycles. The summed E-state index contributed by atoms with van der Waals surface area (Å²) in [6.07, 6.45) is 0.0647. The molecule has 3 nitrogen and oxygen atoms in total. The van der Waals surface area contributed by atoms with Gasteiger partial charge in [-0.3, -0.25) is 0 Å². The molecule has 0 saturated heterocycles. The third-order valence-corrected chi connectivity index (χ3v) is 3.80. The highest BCUT2D eigenvalue weighted by atomic mass is 19.1. The Balaban J connectivity index is 2.76. The topological polar surface area (TPSA) is 42.2 Å². The molecule has 0 N–H and O–H groups in total. The Hall–Kier alpha value is -1.38. The van der Waals surface area contributed by atoms with Gasteiger partial charge < -0.3 is 9.39 Å². The van der Waals surface area contributed by atoms with Crippen LogP contribution in [-0.2, 0) is 15.8 Å². The van der Waals surface area contributed by atoms with Crippen molar-refractivity contribution in [2.45, 2.75) is 45.3 Å². The molecule has 0 saturated carbocycles. The van der Waals surface area contributed by atoms with Gasteiger partial charge in [-0.1, -0.05) is 17.6 Å². The van der Waals surface area contributed by atoms with Crippen molar-refractivity contribution in [3.05, 3.63) is 29.6 Å². The molecular formula is C15H20BFNO2. The van der Waals surface area contributed by atoms with Crippen molar-refractivity contribution < 1.29 is 13.8 Å². The van der Waals surface area contributed by atoms with E-state index in [-0.39, 0.29) is 6.42 Å². The molecule has 0 heterocycles.